The number of fused-ring (bicyclic) bond motifs is 1. The molecule has 0 spiro atoms. The lowest BCUT2D eigenvalue weighted by molar-refractivity contribution is 0.600. The molecule has 0 aliphatic carbocycles. The van der Waals surface area contributed by atoms with Crippen LogP contribution in [0.3, 0.4) is 0 Å². The summed E-state index contributed by atoms with van der Waals surface area (Å²) in [6.45, 7) is 0. The summed E-state index contributed by atoms with van der Waals surface area (Å²) in [6, 6.07) is 8.03. The second-order valence-corrected chi connectivity index (χ2v) is 4.47. The number of hydrazine groups is 1. The topological polar surface area (TPSA) is 68.8 Å². The molecule has 0 saturated carbocycles. The largest absolute Gasteiger partial charge is 0.336 e. The van der Waals surface area contributed by atoms with E-state index in [-0.39, 0.29) is 6.04 Å². The summed E-state index contributed by atoms with van der Waals surface area (Å²) in [7, 11) is 1.95. The molecule has 5 heteroatoms. The van der Waals surface area contributed by atoms with Crippen LogP contribution >= 0.6 is 0 Å². The van der Waals surface area contributed by atoms with Crippen molar-refractivity contribution in [3.63, 3.8) is 0 Å². The molecular formula is C14H15N5. The number of nitrogens with zero attached hydrogens (tertiary/aromatic N) is 3. The summed E-state index contributed by atoms with van der Waals surface area (Å²) < 4.78 is 1.96. The molecule has 0 aliphatic heterocycles. The van der Waals surface area contributed by atoms with Gasteiger partial charge in [0.15, 0.2) is 0 Å². The van der Waals surface area contributed by atoms with E-state index >= 15 is 0 Å². The van der Waals surface area contributed by atoms with Crippen LogP contribution in [0.4, 0.5) is 0 Å². The van der Waals surface area contributed by atoms with Crippen LogP contribution < -0.4 is 11.3 Å². The Morgan fingerprint density at radius 3 is 2.84 bits per heavy atom. The van der Waals surface area contributed by atoms with E-state index in [9.17, 15) is 0 Å². The van der Waals surface area contributed by atoms with Crippen molar-refractivity contribution in [2.24, 2.45) is 12.9 Å². The van der Waals surface area contributed by atoms with E-state index in [1.807, 2.05) is 36.1 Å². The van der Waals surface area contributed by atoms with Gasteiger partial charge in [-0.2, -0.15) is 0 Å². The van der Waals surface area contributed by atoms with Crippen molar-refractivity contribution in [2.75, 3.05) is 0 Å². The average Bonchev–Trinajstić information content (AvgIpc) is 2.86. The van der Waals surface area contributed by atoms with Crippen LogP contribution in [-0.2, 0) is 7.05 Å². The molecule has 3 aromatic rings. The highest BCUT2D eigenvalue weighted by Gasteiger charge is 2.17. The van der Waals surface area contributed by atoms with Crippen molar-refractivity contribution in [1.29, 1.82) is 0 Å². The SMILES string of the molecule is Cn1cncc1C(NN)c1cccc2ccncc12. The second-order valence-electron chi connectivity index (χ2n) is 4.47. The van der Waals surface area contributed by atoms with Crippen LogP contribution in [0.25, 0.3) is 10.8 Å². The lowest BCUT2D eigenvalue weighted by atomic mass is 9.99. The molecule has 0 aliphatic rings. The third kappa shape index (κ3) is 1.99. The minimum atomic E-state index is -0.111. The number of nitrogens with two attached hydrogens (primary N) is 1. The maximum absolute atomic E-state index is 5.74. The first-order valence-electron chi connectivity index (χ1n) is 6.06. The van der Waals surface area contributed by atoms with Crippen molar-refractivity contribution in [2.45, 2.75) is 6.04 Å². The molecule has 0 saturated heterocycles. The fourth-order valence-electron chi connectivity index (χ4n) is 2.37. The Labute approximate surface area is 111 Å². The van der Waals surface area contributed by atoms with Crippen molar-refractivity contribution in [3.8, 4) is 0 Å². The predicted molar refractivity (Wildman–Crippen MR) is 74.1 cm³/mol. The van der Waals surface area contributed by atoms with Crippen molar-refractivity contribution >= 4 is 10.8 Å². The first-order valence-corrected chi connectivity index (χ1v) is 6.06. The van der Waals surface area contributed by atoms with E-state index in [0.717, 1.165) is 22.0 Å². The number of benzene rings is 1. The molecule has 0 fully saturated rings. The molecule has 0 bridgehead atoms. The first-order chi connectivity index (χ1) is 9.31. The van der Waals surface area contributed by atoms with E-state index in [0.29, 0.717) is 0 Å². The Balaban J connectivity index is 2.20. The number of imidazole rings is 1. The molecule has 2 heterocycles. The molecule has 3 N–H and O–H groups in total. The molecule has 96 valence electrons. The maximum atomic E-state index is 5.74. The highest BCUT2D eigenvalue weighted by atomic mass is 15.2. The van der Waals surface area contributed by atoms with Crippen LogP contribution in [-0.4, -0.2) is 14.5 Å². The second kappa shape index (κ2) is 4.79. The molecular weight excluding hydrogens is 238 g/mol. The molecule has 5 nitrogen and oxygen atoms in total. The maximum Gasteiger partial charge on any atom is 0.0946 e. The summed E-state index contributed by atoms with van der Waals surface area (Å²) in [5.41, 5.74) is 4.97. The molecule has 19 heavy (non-hydrogen) atoms. The van der Waals surface area contributed by atoms with Gasteiger partial charge in [-0.1, -0.05) is 18.2 Å². The molecule has 1 aromatic carbocycles. The zero-order valence-electron chi connectivity index (χ0n) is 10.6. The van der Waals surface area contributed by atoms with Gasteiger partial charge in [0.2, 0.25) is 0 Å². The number of nitrogens with one attached hydrogen (secondary N) is 1. The summed E-state index contributed by atoms with van der Waals surface area (Å²) in [5, 5.41) is 2.24. The lowest BCUT2D eigenvalue weighted by Crippen LogP contribution is -2.30. The van der Waals surface area contributed by atoms with Crippen LogP contribution in [0.5, 0.6) is 0 Å². The van der Waals surface area contributed by atoms with Gasteiger partial charge in [0.1, 0.15) is 0 Å². The van der Waals surface area contributed by atoms with Gasteiger partial charge in [0.05, 0.1) is 24.3 Å². The Bertz CT molecular complexity index is 698. The number of hydrogen-bond acceptors (Lipinski definition) is 4. The fraction of sp³-hybridized carbons (Fsp3) is 0.143. The number of hydrogen-bond donors (Lipinski definition) is 2. The zero-order valence-corrected chi connectivity index (χ0v) is 10.6. The van der Waals surface area contributed by atoms with Gasteiger partial charge in [-0.15, -0.1) is 0 Å². The number of aromatic nitrogens is 3. The van der Waals surface area contributed by atoms with Gasteiger partial charge in [0, 0.05) is 24.8 Å². The van der Waals surface area contributed by atoms with Crippen molar-refractivity contribution < 1.29 is 0 Å². The predicted octanol–water partition coefficient (Wildman–Crippen LogP) is 1.52. The molecule has 1 atom stereocenters. The average molecular weight is 253 g/mol. The van der Waals surface area contributed by atoms with Crippen LogP contribution in [0.2, 0.25) is 0 Å². The third-order valence-electron chi connectivity index (χ3n) is 3.34. The minimum absolute atomic E-state index is 0.111. The quantitative estimate of drug-likeness (QED) is 0.548. The summed E-state index contributed by atoms with van der Waals surface area (Å²) >= 11 is 0. The van der Waals surface area contributed by atoms with Crippen LogP contribution in [0.15, 0.2) is 49.2 Å². The van der Waals surface area contributed by atoms with Gasteiger partial charge >= 0.3 is 0 Å². The number of pyridine rings is 1. The van der Waals surface area contributed by atoms with Gasteiger partial charge in [-0.25, -0.2) is 10.4 Å². The molecule has 2 aromatic heterocycles. The smallest absolute Gasteiger partial charge is 0.0946 e. The van der Waals surface area contributed by atoms with Gasteiger partial charge in [-0.3, -0.25) is 10.8 Å². The molecule has 0 amide bonds. The summed E-state index contributed by atoms with van der Waals surface area (Å²) in [6.07, 6.45) is 7.25. The summed E-state index contributed by atoms with van der Waals surface area (Å²) in [4.78, 5) is 8.35. The fourth-order valence-corrected chi connectivity index (χ4v) is 2.37. The van der Waals surface area contributed by atoms with E-state index in [1.54, 1.807) is 12.5 Å². The van der Waals surface area contributed by atoms with Crippen LogP contribution in [0.1, 0.15) is 17.3 Å². The Morgan fingerprint density at radius 1 is 1.21 bits per heavy atom. The molecule has 3 rings (SSSR count). The minimum Gasteiger partial charge on any atom is -0.336 e. The Morgan fingerprint density at radius 2 is 2.11 bits per heavy atom. The normalized spacial score (nSPS) is 12.7. The van der Waals surface area contributed by atoms with Crippen molar-refractivity contribution in [1.82, 2.24) is 20.0 Å². The lowest BCUT2D eigenvalue weighted by Gasteiger charge is -2.18. The molecule has 0 radical (unpaired) electrons. The first kappa shape index (κ1) is 11.8. The monoisotopic (exact) mass is 253 g/mol. The standard InChI is InChI=1S/C14H15N5/c1-19-9-17-8-13(19)14(18-15)11-4-2-3-10-5-6-16-7-12(10)11/h2-9,14,18H,15H2,1H3. The van der Waals surface area contributed by atoms with E-state index < -0.39 is 0 Å². The zero-order chi connectivity index (χ0) is 13.2. The van der Waals surface area contributed by atoms with Gasteiger partial charge < -0.3 is 4.57 Å². The molecule has 1 unspecified atom stereocenters. The van der Waals surface area contributed by atoms with Crippen molar-refractivity contribution in [3.05, 3.63) is 60.4 Å². The van der Waals surface area contributed by atoms with E-state index in [4.69, 9.17) is 5.84 Å². The van der Waals surface area contributed by atoms with E-state index in [2.05, 4.69) is 27.5 Å². The van der Waals surface area contributed by atoms with Crippen LogP contribution in [0, 0.1) is 0 Å². The number of aryl methyl sites for hydroxylation is 1. The highest BCUT2D eigenvalue weighted by molar-refractivity contribution is 5.85. The number of rotatable bonds is 3. The van der Waals surface area contributed by atoms with Gasteiger partial charge in [-0.05, 0) is 17.0 Å². The summed E-state index contributed by atoms with van der Waals surface area (Å²) in [5.74, 6) is 5.74. The van der Waals surface area contributed by atoms with E-state index in [1.165, 1.54) is 0 Å². The van der Waals surface area contributed by atoms with Gasteiger partial charge in [0.25, 0.3) is 0 Å². The Hall–Kier alpha value is -2.24. The Kier molecular flexibility index (Phi) is 2.98. The highest BCUT2D eigenvalue weighted by Crippen LogP contribution is 2.27. The third-order valence-corrected chi connectivity index (χ3v) is 3.34.